The number of rotatable bonds is 5. The third-order valence-corrected chi connectivity index (χ3v) is 1.92. The first-order valence-corrected chi connectivity index (χ1v) is 4.65. The third kappa shape index (κ3) is 2.90. The number of aliphatic hydroxyl groups is 1. The zero-order valence-electron chi connectivity index (χ0n) is 8.38. The summed E-state index contributed by atoms with van der Waals surface area (Å²) in [6.07, 6.45) is 0. The minimum atomic E-state index is 0.128. The van der Waals surface area contributed by atoms with Crippen LogP contribution in [0.3, 0.4) is 0 Å². The Morgan fingerprint density at radius 1 is 1.43 bits per heavy atom. The molecule has 0 saturated heterocycles. The van der Waals surface area contributed by atoms with Gasteiger partial charge in [0.25, 0.3) is 0 Å². The second-order valence-corrected chi connectivity index (χ2v) is 3.10. The van der Waals surface area contributed by atoms with Crippen LogP contribution in [0.5, 0.6) is 0 Å². The molecule has 5 N–H and O–H groups in total. The van der Waals surface area contributed by atoms with Crippen molar-refractivity contribution in [3.63, 3.8) is 0 Å². The van der Waals surface area contributed by atoms with E-state index in [0.29, 0.717) is 6.54 Å². The van der Waals surface area contributed by atoms with Gasteiger partial charge in [0.1, 0.15) is 0 Å². The van der Waals surface area contributed by atoms with E-state index in [9.17, 15) is 0 Å². The summed E-state index contributed by atoms with van der Waals surface area (Å²) in [5.41, 5.74) is 8.56. The first-order chi connectivity index (χ1) is 6.77. The van der Waals surface area contributed by atoms with E-state index in [2.05, 4.69) is 10.6 Å². The lowest BCUT2D eigenvalue weighted by molar-refractivity contribution is 0.311. The highest BCUT2D eigenvalue weighted by atomic mass is 16.3. The summed E-state index contributed by atoms with van der Waals surface area (Å²) >= 11 is 0. The molecule has 0 spiro atoms. The summed E-state index contributed by atoms with van der Waals surface area (Å²) < 4.78 is 0. The van der Waals surface area contributed by atoms with Crippen molar-refractivity contribution in [2.45, 2.75) is 6.54 Å². The molecule has 0 amide bonds. The Bertz CT molecular complexity index is 289. The van der Waals surface area contributed by atoms with Crippen molar-refractivity contribution in [1.82, 2.24) is 5.32 Å². The number of nitrogen functional groups attached to an aromatic ring is 1. The molecule has 0 heterocycles. The number of aliphatic hydroxyl groups excluding tert-OH is 1. The lowest BCUT2D eigenvalue weighted by Gasteiger charge is -2.11. The van der Waals surface area contributed by atoms with Crippen LogP contribution in [0.25, 0.3) is 0 Å². The molecule has 1 aromatic carbocycles. The van der Waals surface area contributed by atoms with Crippen LogP contribution < -0.4 is 16.4 Å². The van der Waals surface area contributed by atoms with Crippen molar-refractivity contribution in [1.29, 1.82) is 0 Å². The summed E-state index contributed by atoms with van der Waals surface area (Å²) in [6.45, 7) is 1.45. The molecule has 4 nitrogen and oxygen atoms in total. The molecule has 0 aliphatic carbocycles. The first-order valence-electron chi connectivity index (χ1n) is 4.65. The number of benzene rings is 1. The van der Waals surface area contributed by atoms with Gasteiger partial charge in [-0.15, -0.1) is 0 Å². The molecule has 78 valence electrons. The van der Waals surface area contributed by atoms with E-state index in [4.69, 9.17) is 10.8 Å². The van der Waals surface area contributed by atoms with Gasteiger partial charge in [0, 0.05) is 24.5 Å². The fourth-order valence-corrected chi connectivity index (χ4v) is 1.31. The molecule has 1 rings (SSSR count). The van der Waals surface area contributed by atoms with E-state index < -0.39 is 0 Å². The third-order valence-electron chi connectivity index (χ3n) is 1.92. The minimum absolute atomic E-state index is 0.128. The van der Waals surface area contributed by atoms with Crippen LogP contribution in [0.2, 0.25) is 0 Å². The normalized spacial score (nSPS) is 10.1. The van der Waals surface area contributed by atoms with Crippen LogP contribution >= 0.6 is 0 Å². The van der Waals surface area contributed by atoms with Gasteiger partial charge in [0.2, 0.25) is 0 Å². The molecule has 0 saturated carbocycles. The Hall–Kier alpha value is -1.26. The molecule has 0 aliphatic rings. The second-order valence-electron chi connectivity index (χ2n) is 3.10. The molecule has 0 unspecified atom stereocenters. The number of nitrogens with two attached hydrogens (primary N) is 1. The van der Waals surface area contributed by atoms with Crippen molar-refractivity contribution in [2.75, 3.05) is 31.2 Å². The molecule has 4 heteroatoms. The van der Waals surface area contributed by atoms with E-state index in [1.54, 1.807) is 0 Å². The maximum Gasteiger partial charge on any atom is 0.0604 e. The summed E-state index contributed by atoms with van der Waals surface area (Å²) in [5, 5.41) is 14.9. The first kappa shape index (κ1) is 10.8. The van der Waals surface area contributed by atoms with E-state index in [-0.39, 0.29) is 6.61 Å². The predicted octanol–water partition coefficient (Wildman–Crippen LogP) is 0.392. The Morgan fingerprint density at radius 3 is 2.86 bits per heavy atom. The van der Waals surface area contributed by atoms with Gasteiger partial charge in [-0.05, 0) is 30.8 Å². The Morgan fingerprint density at radius 2 is 2.21 bits per heavy atom. The quantitative estimate of drug-likeness (QED) is 0.513. The molecular weight excluding hydrogens is 178 g/mol. The molecule has 0 aliphatic heterocycles. The fraction of sp³-hybridized carbons (Fsp3) is 0.400. The van der Waals surface area contributed by atoms with Crippen molar-refractivity contribution in [3.8, 4) is 0 Å². The van der Waals surface area contributed by atoms with Gasteiger partial charge in [-0.3, -0.25) is 0 Å². The Balaban J connectivity index is 2.78. The number of hydrogen-bond donors (Lipinski definition) is 4. The van der Waals surface area contributed by atoms with E-state index >= 15 is 0 Å². The zero-order chi connectivity index (χ0) is 10.4. The topological polar surface area (TPSA) is 70.3 Å². The average Bonchev–Trinajstić information content (AvgIpc) is 2.17. The fourth-order valence-electron chi connectivity index (χ4n) is 1.31. The summed E-state index contributed by atoms with van der Waals surface area (Å²) in [6, 6.07) is 5.70. The van der Waals surface area contributed by atoms with Crippen LogP contribution in [-0.2, 0) is 6.54 Å². The monoisotopic (exact) mass is 195 g/mol. The van der Waals surface area contributed by atoms with Crippen LogP contribution in [0.4, 0.5) is 11.4 Å². The standard InChI is InChI=1S/C10H17N3O/c1-12-7-8-6-9(11)2-3-10(8)13-4-5-14/h2-3,6,12-14H,4-5,7,11H2,1H3. The van der Waals surface area contributed by atoms with Gasteiger partial charge in [-0.25, -0.2) is 0 Å². The highest BCUT2D eigenvalue weighted by molar-refractivity contribution is 5.58. The van der Waals surface area contributed by atoms with E-state index in [1.165, 1.54) is 0 Å². The summed E-state index contributed by atoms with van der Waals surface area (Å²) in [7, 11) is 1.89. The van der Waals surface area contributed by atoms with E-state index in [0.717, 1.165) is 23.5 Å². The van der Waals surface area contributed by atoms with Gasteiger partial charge in [0.15, 0.2) is 0 Å². The van der Waals surface area contributed by atoms with Gasteiger partial charge >= 0.3 is 0 Å². The summed E-state index contributed by atoms with van der Waals surface area (Å²) in [4.78, 5) is 0. The molecule has 0 fully saturated rings. The molecule has 0 bridgehead atoms. The number of anilines is 2. The average molecular weight is 195 g/mol. The number of nitrogens with one attached hydrogen (secondary N) is 2. The Kier molecular flexibility index (Phi) is 4.22. The van der Waals surface area contributed by atoms with Crippen molar-refractivity contribution in [2.24, 2.45) is 0 Å². The van der Waals surface area contributed by atoms with Crippen LogP contribution in [0.15, 0.2) is 18.2 Å². The van der Waals surface area contributed by atoms with Crippen molar-refractivity contribution < 1.29 is 5.11 Å². The largest absolute Gasteiger partial charge is 0.399 e. The van der Waals surface area contributed by atoms with Crippen molar-refractivity contribution >= 4 is 11.4 Å². The Labute approximate surface area is 84.1 Å². The highest BCUT2D eigenvalue weighted by Gasteiger charge is 2.00. The smallest absolute Gasteiger partial charge is 0.0604 e. The molecule has 0 atom stereocenters. The minimum Gasteiger partial charge on any atom is -0.399 e. The van der Waals surface area contributed by atoms with E-state index in [1.807, 2.05) is 25.2 Å². The van der Waals surface area contributed by atoms with Crippen LogP contribution in [-0.4, -0.2) is 25.3 Å². The molecule has 0 aromatic heterocycles. The maximum atomic E-state index is 8.70. The number of hydrogen-bond acceptors (Lipinski definition) is 4. The van der Waals surface area contributed by atoms with Crippen molar-refractivity contribution in [3.05, 3.63) is 23.8 Å². The van der Waals surface area contributed by atoms with Crippen LogP contribution in [0, 0.1) is 0 Å². The van der Waals surface area contributed by atoms with Gasteiger partial charge in [0.05, 0.1) is 6.61 Å². The molecular formula is C10H17N3O. The SMILES string of the molecule is CNCc1cc(N)ccc1NCCO. The molecule has 1 aromatic rings. The second kappa shape index (κ2) is 5.47. The van der Waals surface area contributed by atoms with Gasteiger partial charge < -0.3 is 21.5 Å². The van der Waals surface area contributed by atoms with Gasteiger partial charge in [-0.2, -0.15) is 0 Å². The molecule has 0 radical (unpaired) electrons. The summed E-state index contributed by atoms with van der Waals surface area (Å²) in [5.74, 6) is 0. The lowest BCUT2D eigenvalue weighted by Crippen LogP contribution is -2.12. The highest BCUT2D eigenvalue weighted by Crippen LogP contribution is 2.18. The van der Waals surface area contributed by atoms with Gasteiger partial charge in [-0.1, -0.05) is 0 Å². The maximum absolute atomic E-state index is 8.70. The molecule has 14 heavy (non-hydrogen) atoms. The van der Waals surface area contributed by atoms with Crippen LogP contribution in [0.1, 0.15) is 5.56 Å². The zero-order valence-corrected chi connectivity index (χ0v) is 8.38. The lowest BCUT2D eigenvalue weighted by atomic mass is 10.1. The predicted molar refractivity (Wildman–Crippen MR) is 59.2 cm³/mol.